The summed E-state index contributed by atoms with van der Waals surface area (Å²) < 4.78 is 16.7. The van der Waals surface area contributed by atoms with Gasteiger partial charge in [-0.05, 0) is 47.8 Å². The third-order valence-electron chi connectivity index (χ3n) is 3.42. The first-order chi connectivity index (χ1) is 9.01. The third-order valence-corrected chi connectivity index (χ3v) is 4.07. The molecule has 1 heterocycles. The van der Waals surface area contributed by atoms with E-state index in [1.165, 1.54) is 0 Å². The molecule has 2 rings (SSSR count). The van der Waals surface area contributed by atoms with Gasteiger partial charge in [-0.3, -0.25) is 4.79 Å². The van der Waals surface area contributed by atoms with Crippen LogP contribution in [0.15, 0.2) is 16.6 Å². The summed E-state index contributed by atoms with van der Waals surface area (Å²) >= 11 is 3.41. The Morgan fingerprint density at radius 1 is 1.32 bits per heavy atom. The zero-order valence-electron chi connectivity index (χ0n) is 11.3. The molecule has 0 bridgehead atoms. The fourth-order valence-corrected chi connectivity index (χ4v) is 2.77. The second kappa shape index (κ2) is 5.51. The third kappa shape index (κ3) is 2.62. The van der Waals surface area contributed by atoms with Crippen LogP contribution in [0.25, 0.3) is 0 Å². The number of methoxy groups -OCH3 is 2. The number of hydrogen-bond acceptors (Lipinski definition) is 4. The van der Waals surface area contributed by atoms with Crippen LogP contribution in [0, 0.1) is 0 Å². The second-order valence-electron chi connectivity index (χ2n) is 4.70. The van der Waals surface area contributed by atoms with Crippen LogP contribution in [-0.2, 0) is 4.74 Å². The number of benzene rings is 1. The van der Waals surface area contributed by atoms with Crippen molar-refractivity contribution in [2.75, 3.05) is 20.8 Å². The summed E-state index contributed by atoms with van der Waals surface area (Å²) in [6, 6.07) is 3.43. The molecule has 19 heavy (non-hydrogen) atoms. The van der Waals surface area contributed by atoms with Gasteiger partial charge in [0.1, 0.15) is 5.60 Å². The standard InChI is InChI=1S/C14H17BrO4/c1-14(5-4-6-19-14)13(16)9-7-11(17-2)12(18-3)8-10(9)15/h7-8H,4-6H2,1-3H3. The molecule has 1 aliphatic heterocycles. The Kier molecular flexibility index (Phi) is 4.16. The van der Waals surface area contributed by atoms with Crippen molar-refractivity contribution < 1.29 is 19.0 Å². The minimum absolute atomic E-state index is 0.0298. The summed E-state index contributed by atoms with van der Waals surface area (Å²) in [5.74, 6) is 1.09. The maximum Gasteiger partial charge on any atom is 0.195 e. The topological polar surface area (TPSA) is 44.8 Å². The summed E-state index contributed by atoms with van der Waals surface area (Å²) in [5, 5.41) is 0. The number of halogens is 1. The molecule has 1 saturated heterocycles. The van der Waals surface area contributed by atoms with E-state index < -0.39 is 5.60 Å². The minimum atomic E-state index is -0.734. The average Bonchev–Trinajstić information content (AvgIpc) is 2.85. The number of ether oxygens (including phenoxy) is 3. The number of ketones is 1. The summed E-state index contributed by atoms with van der Waals surface area (Å²) in [5.41, 5.74) is -0.177. The quantitative estimate of drug-likeness (QED) is 0.796. The van der Waals surface area contributed by atoms with E-state index in [2.05, 4.69) is 15.9 Å². The maximum atomic E-state index is 12.6. The Labute approximate surface area is 121 Å². The zero-order chi connectivity index (χ0) is 14.0. The van der Waals surface area contributed by atoms with Crippen LogP contribution >= 0.6 is 15.9 Å². The molecule has 1 fully saturated rings. The van der Waals surface area contributed by atoms with Crippen molar-refractivity contribution in [3.05, 3.63) is 22.2 Å². The Hall–Kier alpha value is -1.07. The fourth-order valence-electron chi connectivity index (χ4n) is 2.27. The van der Waals surface area contributed by atoms with Crippen LogP contribution in [0.1, 0.15) is 30.1 Å². The first kappa shape index (κ1) is 14.3. The Bertz CT molecular complexity index is 492. The highest BCUT2D eigenvalue weighted by molar-refractivity contribution is 9.10. The van der Waals surface area contributed by atoms with Crippen LogP contribution in [0.3, 0.4) is 0 Å². The number of carbonyl (C=O) groups is 1. The molecule has 5 heteroatoms. The van der Waals surface area contributed by atoms with E-state index in [9.17, 15) is 4.79 Å². The van der Waals surface area contributed by atoms with Crippen molar-refractivity contribution in [3.8, 4) is 11.5 Å². The van der Waals surface area contributed by atoms with Crippen LogP contribution in [-0.4, -0.2) is 32.2 Å². The normalized spacial score (nSPS) is 22.3. The predicted molar refractivity (Wildman–Crippen MR) is 75.2 cm³/mol. The van der Waals surface area contributed by atoms with Gasteiger partial charge in [-0.25, -0.2) is 0 Å². The number of rotatable bonds is 4. The molecule has 0 aromatic heterocycles. The highest BCUT2D eigenvalue weighted by atomic mass is 79.9. The number of carbonyl (C=O) groups excluding carboxylic acids is 1. The van der Waals surface area contributed by atoms with E-state index >= 15 is 0 Å². The fraction of sp³-hybridized carbons (Fsp3) is 0.500. The number of Topliss-reactive ketones (excluding diaryl/α,β-unsaturated/α-hetero) is 1. The van der Waals surface area contributed by atoms with Gasteiger partial charge in [-0.15, -0.1) is 0 Å². The Balaban J connectivity index is 2.42. The van der Waals surface area contributed by atoms with Crippen LogP contribution < -0.4 is 9.47 Å². The molecule has 1 aromatic rings. The van der Waals surface area contributed by atoms with E-state index in [-0.39, 0.29) is 5.78 Å². The first-order valence-corrected chi connectivity index (χ1v) is 6.91. The number of hydrogen-bond donors (Lipinski definition) is 0. The lowest BCUT2D eigenvalue weighted by Gasteiger charge is -2.22. The molecule has 0 N–H and O–H groups in total. The van der Waals surface area contributed by atoms with Crippen LogP contribution in [0.4, 0.5) is 0 Å². The van der Waals surface area contributed by atoms with Crippen molar-refractivity contribution in [3.63, 3.8) is 0 Å². The van der Waals surface area contributed by atoms with Crippen molar-refractivity contribution in [2.24, 2.45) is 0 Å². The summed E-state index contributed by atoms with van der Waals surface area (Å²) in [6.07, 6.45) is 1.65. The van der Waals surface area contributed by atoms with Gasteiger partial charge in [-0.1, -0.05) is 0 Å². The summed E-state index contributed by atoms with van der Waals surface area (Å²) in [7, 11) is 3.11. The van der Waals surface area contributed by atoms with Gasteiger partial charge < -0.3 is 14.2 Å². The van der Waals surface area contributed by atoms with Gasteiger partial charge in [0.2, 0.25) is 0 Å². The molecule has 0 radical (unpaired) electrons. The molecule has 0 aliphatic carbocycles. The molecule has 1 aliphatic rings. The SMILES string of the molecule is COc1cc(Br)c(C(=O)C2(C)CCCO2)cc1OC. The molecule has 0 saturated carbocycles. The predicted octanol–water partition coefficient (Wildman–Crippen LogP) is 3.22. The average molecular weight is 329 g/mol. The van der Waals surface area contributed by atoms with E-state index in [0.717, 1.165) is 12.8 Å². The highest BCUT2D eigenvalue weighted by Crippen LogP contribution is 2.37. The highest BCUT2D eigenvalue weighted by Gasteiger charge is 2.39. The van der Waals surface area contributed by atoms with Gasteiger partial charge in [0.25, 0.3) is 0 Å². The van der Waals surface area contributed by atoms with Gasteiger partial charge >= 0.3 is 0 Å². The second-order valence-corrected chi connectivity index (χ2v) is 5.55. The molecule has 104 valence electrons. The van der Waals surface area contributed by atoms with Crippen LogP contribution in [0.2, 0.25) is 0 Å². The monoisotopic (exact) mass is 328 g/mol. The van der Waals surface area contributed by atoms with E-state index in [0.29, 0.717) is 28.1 Å². The van der Waals surface area contributed by atoms with Gasteiger partial charge in [0.05, 0.1) is 14.2 Å². The minimum Gasteiger partial charge on any atom is -0.493 e. The van der Waals surface area contributed by atoms with Gasteiger partial charge in [0.15, 0.2) is 17.3 Å². The molecule has 1 unspecified atom stereocenters. The molecular weight excluding hydrogens is 312 g/mol. The van der Waals surface area contributed by atoms with Gasteiger partial charge in [-0.2, -0.15) is 0 Å². The van der Waals surface area contributed by atoms with Gasteiger partial charge in [0, 0.05) is 16.6 Å². The lowest BCUT2D eigenvalue weighted by molar-refractivity contribution is 0.0212. The van der Waals surface area contributed by atoms with Crippen molar-refractivity contribution in [2.45, 2.75) is 25.4 Å². The Morgan fingerprint density at radius 2 is 1.95 bits per heavy atom. The summed E-state index contributed by atoms with van der Waals surface area (Å²) in [6.45, 7) is 2.47. The maximum absolute atomic E-state index is 12.6. The van der Waals surface area contributed by atoms with E-state index in [4.69, 9.17) is 14.2 Å². The Morgan fingerprint density at radius 3 is 2.47 bits per heavy atom. The molecule has 1 aromatic carbocycles. The molecular formula is C14H17BrO4. The molecule has 0 spiro atoms. The zero-order valence-corrected chi connectivity index (χ0v) is 12.9. The van der Waals surface area contributed by atoms with Crippen molar-refractivity contribution >= 4 is 21.7 Å². The van der Waals surface area contributed by atoms with Crippen molar-refractivity contribution in [1.82, 2.24) is 0 Å². The largest absolute Gasteiger partial charge is 0.493 e. The molecule has 1 atom stereocenters. The molecule has 4 nitrogen and oxygen atoms in total. The molecule has 0 amide bonds. The first-order valence-electron chi connectivity index (χ1n) is 6.12. The van der Waals surface area contributed by atoms with Crippen molar-refractivity contribution in [1.29, 1.82) is 0 Å². The lowest BCUT2D eigenvalue weighted by Crippen LogP contribution is -2.34. The van der Waals surface area contributed by atoms with E-state index in [1.807, 2.05) is 6.92 Å². The summed E-state index contributed by atoms with van der Waals surface area (Å²) in [4.78, 5) is 12.6. The lowest BCUT2D eigenvalue weighted by atomic mass is 9.92. The van der Waals surface area contributed by atoms with Crippen LogP contribution in [0.5, 0.6) is 11.5 Å². The smallest absolute Gasteiger partial charge is 0.195 e. The van der Waals surface area contributed by atoms with E-state index in [1.54, 1.807) is 26.4 Å².